The molecule has 2 N–H and O–H groups in total. The molecule has 5 aromatic rings. The number of carbonyl (C=O) groups is 1. The normalized spacial score (nSPS) is 11.5. The summed E-state index contributed by atoms with van der Waals surface area (Å²) in [5.74, 6) is -0.412. The van der Waals surface area contributed by atoms with Gasteiger partial charge in [-0.2, -0.15) is 5.10 Å². The molecule has 0 saturated heterocycles. The van der Waals surface area contributed by atoms with Crippen molar-refractivity contribution < 1.29 is 13.2 Å². The Bertz CT molecular complexity index is 1750. The molecule has 1 aromatic heterocycles. The van der Waals surface area contributed by atoms with Gasteiger partial charge in [0.15, 0.2) is 9.84 Å². The summed E-state index contributed by atoms with van der Waals surface area (Å²) in [6.07, 6.45) is 1.12. The molecule has 1 amide bonds. The molecule has 1 heterocycles. The maximum atomic E-state index is 13.4. The zero-order valence-electron chi connectivity index (χ0n) is 18.9. The highest BCUT2D eigenvalue weighted by Gasteiger charge is 2.19. The lowest BCUT2D eigenvalue weighted by atomic mass is 9.99. The second-order valence-electron chi connectivity index (χ2n) is 8.26. The second-order valence-corrected chi connectivity index (χ2v) is 11.1. The number of para-hydroxylation sites is 1. The summed E-state index contributed by atoms with van der Waals surface area (Å²) >= 11 is 12.7. The van der Waals surface area contributed by atoms with E-state index in [9.17, 15) is 13.2 Å². The Kier molecular flexibility index (Phi) is 6.30. The second kappa shape index (κ2) is 9.43. The molecule has 0 aliphatic carbocycles. The number of nitrogens with one attached hydrogen (secondary N) is 2. The zero-order chi connectivity index (χ0) is 25.4. The first kappa shape index (κ1) is 24.1. The van der Waals surface area contributed by atoms with Gasteiger partial charge in [-0.1, -0.05) is 53.5 Å². The third kappa shape index (κ3) is 4.73. The summed E-state index contributed by atoms with van der Waals surface area (Å²) < 4.78 is 24.4. The first-order chi connectivity index (χ1) is 17.2. The van der Waals surface area contributed by atoms with E-state index < -0.39 is 15.7 Å². The lowest BCUT2D eigenvalue weighted by molar-refractivity contribution is 0.102. The van der Waals surface area contributed by atoms with Crippen molar-refractivity contribution in [1.82, 2.24) is 10.2 Å². The fraction of sp³-hybridized carbons (Fsp3) is 0.0370. The number of aromatic nitrogens is 2. The van der Waals surface area contributed by atoms with Crippen molar-refractivity contribution in [2.24, 2.45) is 0 Å². The van der Waals surface area contributed by atoms with Crippen LogP contribution >= 0.6 is 23.2 Å². The summed E-state index contributed by atoms with van der Waals surface area (Å²) in [5.41, 5.74) is 4.08. The summed E-state index contributed by atoms with van der Waals surface area (Å²) in [6.45, 7) is 0. The third-order valence-corrected chi connectivity index (χ3v) is 7.42. The van der Waals surface area contributed by atoms with E-state index in [4.69, 9.17) is 23.2 Å². The van der Waals surface area contributed by atoms with Gasteiger partial charge in [0.2, 0.25) is 0 Å². The van der Waals surface area contributed by atoms with E-state index in [-0.39, 0.29) is 4.90 Å². The zero-order valence-corrected chi connectivity index (χ0v) is 21.2. The molecule has 36 heavy (non-hydrogen) atoms. The third-order valence-electron chi connectivity index (χ3n) is 5.75. The molecule has 180 valence electrons. The quantitative estimate of drug-likeness (QED) is 0.257. The summed E-state index contributed by atoms with van der Waals surface area (Å²) in [4.78, 5) is 13.5. The van der Waals surface area contributed by atoms with Crippen molar-refractivity contribution in [3.63, 3.8) is 0 Å². The molecule has 0 aliphatic heterocycles. The van der Waals surface area contributed by atoms with Gasteiger partial charge in [-0.3, -0.25) is 9.89 Å². The van der Waals surface area contributed by atoms with Crippen LogP contribution in [0.5, 0.6) is 0 Å². The number of halogens is 2. The summed E-state index contributed by atoms with van der Waals surface area (Å²) in [5, 5.41) is 12.2. The van der Waals surface area contributed by atoms with Crippen LogP contribution in [0.4, 0.5) is 5.69 Å². The molecular weight excluding hydrogens is 517 g/mol. The van der Waals surface area contributed by atoms with Crippen LogP contribution in [0.2, 0.25) is 10.0 Å². The fourth-order valence-electron chi connectivity index (χ4n) is 4.00. The predicted molar refractivity (Wildman–Crippen MR) is 144 cm³/mol. The average molecular weight is 536 g/mol. The summed E-state index contributed by atoms with van der Waals surface area (Å²) in [7, 11) is -3.49. The molecule has 6 nitrogen and oxygen atoms in total. The van der Waals surface area contributed by atoms with Gasteiger partial charge in [0, 0.05) is 33.5 Å². The largest absolute Gasteiger partial charge is 0.322 e. The number of nitrogens with zero attached hydrogens (tertiary/aromatic N) is 1. The van der Waals surface area contributed by atoms with Crippen LogP contribution in [0, 0.1) is 0 Å². The van der Waals surface area contributed by atoms with E-state index >= 15 is 0 Å². The first-order valence-electron chi connectivity index (χ1n) is 10.8. The summed E-state index contributed by atoms with van der Waals surface area (Å²) in [6, 6.07) is 24.1. The standard InChI is InChI=1S/C27H19Cl2N3O3S/c1-36(34,35)19-10-11-20(22(15-19)16-5-4-6-17(28)13-16)27(33)30-18-9-12-24(29)23(14-18)26-21-7-2-3-8-25(21)31-32-26/h2-15H,1H3,(H,30,33)(H,31,32). The van der Waals surface area contributed by atoms with Crippen molar-refractivity contribution >= 4 is 55.5 Å². The van der Waals surface area contributed by atoms with Crippen LogP contribution < -0.4 is 5.32 Å². The van der Waals surface area contributed by atoms with Gasteiger partial charge in [-0.25, -0.2) is 8.42 Å². The fourth-order valence-corrected chi connectivity index (χ4v) is 5.04. The molecule has 0 saturated carbocycles. The minimum Gasteiger partial charge on any atom is -0.322 e. The SMILES string of the molecule is CS(=O)(=O)c1ccc(C(=O)Nc2ccc(Cl)c(-c3n[nH]c4ccccc34)c2)c(-c2cccc(Cl)c2)c1. The number of H-pyrrole nitrogens is 1. The van der Waals surface area contributed by atoms with E-state index in [2.05, 4.69) is 15.5 Å². The molecule has 0 fully saturated rings. The molecule has 0 unspecified atom stereocenters. The van der Waals surface area contributed by atoms with Crippen LogP contribution in [-0.4, -0.2) is 30.8 Å². The van der Waals surface area contributed by atoms with Crippen LogP contribution in [0.3, 0.4) is 0 Å². The topological polar surface area (TPSA) is 91.9 Å². The minimum atomic E-state index is -3.49. The van der Waals surface area contributed by atoms with Crippen molar-refractivity contribution in [2.75, 3.05) is 11.6 Å². The lowest BCUT2D eigenvalue weighted by Gasteiger charge is -2.13. The van der Waals surface area contributed by atoms with Crippen molar-refractivity contribution in [3.8, 4) is 22.4 Å². The van der Waals surface area contributed by atoms with E-state index in [1.165, 1.54) is 18.2 Å². The maximum Gasteiger partial charge on any atom is 0.256 e. The highest BCUT2D eigenvalue weighted by atomic mass is 35.5. The Morgan fingerprint density at radius 3 is 2.47 bits per heavy atom. The molecule has 0 radical (unpaired) electrons. The van der Waals surface area contributed by atoms with Gasteiger partial charge in [0.05, 0.1) is 15.4 Å². The van der Waals surface area contributed by atoms with Crippen LogP contribution in [0.1, 0.15) is 10.4 Å². The molecule has 9 heteroatoms. The number of sulfone groups is 1. The van der Waals surface area contributed by atoms with Crippen LogP contribution in [0.25, 0.3) is 33.3 Å². The van der Waals surface area contributed by atoms with Gasteiger partial charge in [0.1, 0.15) is 5.69 Å². The van der Waals surface area contributed by atoms with Gasteiger partial charge in [-0.15, -0.1) is 0 Å². The van der Waals surface area contributed by atoms with Gasteiger partial charge in [-0.05, 0) is 65.7 Å². The minimum absolute atomic E-state index is 0.105. The number of benzene rings is 4. The first-order valence-corrected chi connectivity index (χ1v) is 13.5. The molecule has 0 bridgehead atoms. The highest BCUT2D eigenvalue weighted by molar-refractivity contribution is 7.90. The van der Waals surface area contributed by atoms with Crippen molar-refractivity contribution in [1.29, 1.82) is 0 Å². The Balaban J connectivity index is 1.55. The Morgan fingerprint density at radius 1 is 0.889 bits per heavy atom. The Labute approximate surface area is 217 Å². The van der Waals surface area contributed by atoms with Crippen LogP contribution in [-0.2, 0) is 9.84 Å². The highest BCUT2D eigenvalue weighted by Crippen LogP contribution is 2.34. The van der Waals surface area contributed by atoms with E-state index in [1.54, 1.807) is 42.5 Å². The molecule has 0 atom stereocenters. The molecular formula is C27H19Cl2N3O3S. The molecule has 5 rings (SSSR count). The van der Waals surface area contributed by atoms with E-state index in [0.29, 0.717) is 43.7 Å². The van der Waals surface area contributed by atoms with E-state index in [1.807, 2.05) is 24.3 Å². The number of fused-ring (bicyclic) bond motifs is 1. The smallest absolute Gasteiger partial charge is 0.256 e. The number of rotatable bonds is 5. The predicted octanol–water partition coefficient (Wildman–Crippen LogP) is 6.86. The Morgan fingerprint density at radius 2 is 1.69 bits per heavy atom. The number of amides is 1. The number of hydrogen-bond acceptors (Lipinski definition) is 4. The van der Waals surface area contributed by atoms with Gasteiger partial charge in [0.25, 0.3) is 5.91 Å². The van der Waals surface area contributed by atoms with Crippen molar-refractivity contribution in [2.45, 2.75) is 4.90 Å². The number of hydrogen-bond donors (Lipinski definition) is 2. The molecule has 4 aromatic carbocycles. The average Bonchev–Trinajstić information content (AvgIpc) is 3.28. The van der Waals surface area contributed by atoms with Gasteiger partial charge < -0.3 is 5.32 Å². The monoisotopic (exact) mass is 535 g/mol. The number of aromatic amines is 1. The maximum absolute atomic E-state index is 13.4. The number of carbonyl (C=O) groups excluding carboxylic acids is 1. The van der Waals surface area contributed by atoms with E-state index in [0.717, 1.165) is 17.2 Å². The molecule has 0 spiro atoms. The Hall–Kier alpha value is -3.65. The van der Waals surface area contributed by atoms with Gasteiger partial charge >= 0.3 is 0 Å². The lowest BCUT2D eigenvalue weighted by Crippen LogP contribution is -2.14. The molecule has 0 aliphatic rings. The number of anilines is 1. The van der Waals surface area contributed by atoms with Crippen molar-refractivity contribution in [3.05, 3.63) is 101 Å². The van der Waals surface area contributed by atoms with Crippen LogP contribution in [0.15, 0.2) is 89.8 Å².